The second-order valence-corrected chi connectivity index (χ2v) is 4.64. The first-order valence-electron chi connectivity index (χ1n) is 4.83. The van der Waals surface area contributed by atoms with E-state index in [9.17, 15) is 0 Å². The topological polar surface area (TPSA) is 35.1 Å². The van der Waals surface area contributed by atoms with Crippen LogP contribution in [0.2, 0.25) is 0 Å². The van der Waals surface area contributed by atoms with Crippen molar-refractivity contribution in [3.05, 3.63) is 41.7 Å². The standard InChI is InChI=1S/C10H9ClN4S/c11-3-8-4-14(7-12-8)5-9-6-15-1-2-16-10(15)13-9/h1-2,4,6-7H,3,5H2. The Labute approximate surface area is 101 Å². The number of rotatable bonds is 3. The molecule has 0 aliphatic rings. The lowest BCUT2D eigenvalue weighted by Gasteiger charge is -1.96. The molecule has 0 saturated carbocycles. The number of hydrogen-bond acceptors (Lipinski definition) is 3. The van der Waals surface area contributed by atoms with Crippen molar-refractivity contribution in [1.29, 1.82) is 0 Å². The molecule has 0 amide bonds. The molecular formula is C10H9ClN4S. The fourth-order valence-electron chi connectivity index (χ4n) is 1.60. The van der Waals surface area contributed by atoms with Crippen molar-refractivity contribution in [3.63, 3.8) is 0 Å². The van der Waals surface area contributed by atoms with Crippen molar-refractivity contribution in [2.45, 2.75) is 12.4 Å². The summed E-state index contributed by atoms with van der Waals surface area (Å²) < 4.78 is 4.02. The number of alkyl halides is 1. The average Bonchev–Trinajstić information content (AvgIpc) is 2.92. The van der Waals surface area contributed by atoms with Crippen molar-refractivity contribution in [2.24, 2.45) is 0 Å². The van der Waals surface area contributed by atoms with E-state index in [0.717, 1.165) is 22.9 Å². The Balaban J connectivity index is 1.86. The maximum absolute atomic E-state index is 5.70. The summed E-state index contributed by atoms with van der Waals surface area (Å²) >= 11 is 7.33. The highest BCUT2D eigenvalue weighted by Crippen LogP contribution is 2.12. The van der Waals surface area contributed by atoms with Crippen LogP contribution in [0.15, 0.2) is 30.3 Å². The number of aromatic nitrogens is 4. The third kappa shape index (κ3) is 1.72. The van der Waals surface area contributed by atoms with Crippen LogP contribution in [0.3, 0.4) is 0 Å². The van der Waals surface area contributed by atoms with Gasteiger partial charge < -0.3 is 4.57 Å². The molecule has 4 nitrogen and oxygen atoms in total. The van der Waals surface area contributed by atoms with E-state index >= 15 is 0 Å². The zero-order chi connectivity index (χ0) is 11.0. The fourth-order valence-corrected chi connectivity index (χ4v) is 2.46. The summed E-state index contributed by atoms with van der Waals surface area (Å²) in [6.45, 7) is 0.734. The highest BCUT2D eigenvalue weighted by molar-refractivity contribution is 7.15. The van der Waals surface area contributed by atoms with Crippen LogP contribution < -0.4 is 0 Å². The van der Waals surface area contributed by atoms with Crippen molar-refractivity contribution in [2.75, 3.05) is 0 Å². The van der Waals surface area contributed by atoms with Gasteiger partial charge in [-0.05, 0) is 0 Å². The predicted molar refractivity (Wildman–Crippen MR) is 64.0 cm³/mol. The normalized spacial score (nSPS) is 11.3. The fraction of sp³-hybridized carbons (Fsp3) is 0.200. The first kappa shape index (κ1) is 9.86. The Bertz CT molecular complexity index is 580. The summed E-state index contributed by atoms with van der Waals surface area (Å²) in [5, 5.41) is 2.02. The molecule has 0 aliphatic heterocycles. The number of fused-ring (bicyclic) bond motifs is 1. The molecule has 0 N–H and O–H groups in total. The summed E-state index contributed by atoms with van der Waals surface area (Å²) in [5.41, 5.74) is 1.92. The Morgan fingerprint density at radius 2 is 2.25 bits per heavy atom. The van der Waals surface area contributed by atoms with Crippen LogP contribution >= 0.6 is 22.9 Å². The summed E-state index contributed by atoms with van der Waals surface area (Å²) in [4.78, 5) is 9.70. The lowest BCUT2D eigenvalue weighted by atomic mass is 10.4. The molecule has 6 heteroatoms. The van der Waals surface area contributed by atoms with Crippen molar-refractivity contribution >= 4 is 27.9 Å². The maximum Gasteiger partial charge on any atom is 0.193 e. The Hall–Kier alpha value is -1.33. The van der Waals surface area contributed by atoms with Gasteiger partial charge in [0.15, 0.2) is 4.96 Å². The minimum atomic E-state index is 0.450. The third-order valence-corrected chi connectivity index (χ3v) is 3.36. The van der Waals surface area contributed by atoms with E-state index in [0.29, 0.717) is 5.88 Å². The summed E-state index contributed by atoms with van der Waals surface area (Å²) in [7, 11) is 0. The summed E-state index contributed by atoms with van der Waals surface area (Å²) in [6.07, 6.45) is 7.77. The number of thiazole rings is 1. The first-order valence-corrected chi connectivity index (χ1v) is 6.24. The smallest absolute Gasteiger partial charge is 0.193 e. The second kappa shape index (κ2) is 3.92. The van der Waals surface area contributed by atoms with Crippen LogP contribution in [-0.2, 0) is 12.4 Å². The van der Waals surface area contributed by atoms with Crippen molar-refractivity contribution in [1.82, 2.24) is 18.9 Å². The van der Waals surface area contributed by atoms with Gasteiger partial charge in [-0.15, -0.1) is 22.9 Å². The van der Waals surface area contributed by atoms with E-state index in [-0.39, 0.29) is 0 Å². The maximum atomic E-state index is 5.70. The van der Waals surface area contributed by atoms with Gasteiger partial charge in [-0.1, -0.05) is 0 Å². The van der Waals surface area contributed by atoms with E-state index in [2.05, 4.69) is 9.97 Å². The van der Waals surface area contributed by atoms with Gasteiger partial charge >= 0.3 is 0 Å². The van der Waals surface area contributed by atoms with E-state index in [1.807, 2.05) is 32.9 Å². The molecule has 3 heterocycles. The minimum Gasteiger partial charge on any atom is -0.331 e. The molecule has 0 aromatic carbocycles. The molecule has 3 aromatic rings. The van der Waals surface area contributed by atoms with Crippen LogP contribution in [0.1, 0.15) is 11.4 Å². The lowest BCUT2D eigenvalue weighted by Crippen LogP contribution is -1.96. The van der Waals surface area contributed by atoms with Crippen LogP contribution in [0.5, 0.6) is 0 Å². The van der Waals surface area contributed by atoms with Gasteiger partial charge in [0.1, 0.15) is 0 Å². The van der Waals surface area contributed by atoms with Gasteiger partial charge in [-0.3, -0.25) is 4.40 Å². The number of halogens is 1. The molecule has 16 heavy (non-hydrogen) atoms. The minimum absolute atomic E-state index is 0.450. The number of imidazole rings is 2. The van der Waals surface area contributed by atoms with Gasteiger partial charge in [-0.25, -0.2) is 9.97 Å². The molecule has 0 fully saturated rings. The number of hydrogen-bond donors (Lipinski definition) is 0. The second-order valence-electron chi connectivity index (χ2n) is 3.50. The summed E-state index contributed by atoms with van der Waals surface area (Å²) in [6, 6.07) is 0. The molecule has 0 saturated heterocycles. The molecule has 3 aromatic heterocycles. The molecule has 3 rings (SSSR count). The highest BCUT2D eigenvalue weighted by Gasteiger charge is 2.04. The molecule has 0 spiro atoms. The van der Waals surface area contributed by atoms with Crippen molar-refractivity contribution in [3.8, 4) is 0 Å². The van der Waals surface area contributed by atoms with E-state index in [1.165, 1.54) is 0 Å². The van der Waals surface area contributed by atoms with Gasteiger partial charge in [0, 0.05) is 24.0 Å². The molecule has 82 valence electrons. The number of nitrogens with zero attached hydrogens (tertiary/aromatic N) is 4. The van der Waals surface area contributed by atoms with Crippen LogP contribution in [0, 0.1) is 0 Å². The van der Waals surface area contributed by atoms with Gasteiger partial charge in [0.2, 0.25) is 0 Å². The van der Waals surface area contributed by atoms with Crippen LogP contribution in [0.25, 0.3) is 4.96 Å². The largest absolute Gasteiger partial charge is 0.331 e. The molecule has 0 unspecified atom stereocenters. The first-order chi connectivity index (χ1) is 7.85. The zero-order valence-electron chi connectivity index (χ0n) is 8.38. The van der Waals surface area contributed by atoms with Crippen LogP contribution in [0.4, 0.5) is 0 Å². The molecule has 0 bridgehead atoms. The van der Waals surface area contributed by atoms with Gasteiger partial charge in [0.25, 0.3) is 0 Å². The molecule has 0 radical (unpaired) electrons. The Kier molecular flexibility index (Phi) is 2.41. The van der Waals surface area contributed by atoms with Gasteiger partial charge in [-0.2, -0.15) is 0 Å². The van der Waals surface area contributed by atoms with E-state index < -0.39 is 0 Å². The Morgan fingerprint density at radius 3 is 3.00 bits per heavy atom. The quantitative estimate of drug-likeness (QED) is 0.671. The summed E-state index contributed by atoms with van der Waals surface area (Å²) in [5.74, 6) is 0.450. The van der Waals surface area contributed by atoms with Crippen LogP contribution in [-0.4, -0.2) is 18.9 Å². The average molecular weight is 253 g/mol. The molecular weight excluding hydrogens is 244 g/mol. The monoisotopic (exact) mass is 252 g/mol. The van der Waals surface area contributed by atoms with Crippen molar-refractivity contribution < 1.29 is 0 Å². The zero-order valence-corrected chi connectivity index (χ0v) is 9.95. The highest BCUT2D eigenvalue weighted by atomic mass is 35.5. The molecule has 0 aliphatic carbocycles. The third-order valence-electron chi connectivity index (χ3n) is 2.31. The van der Waals surface area contributed by atoms with E-state index in [4.69, 9.17) is 11.6 Å². The lowest BCUT2D eigenvalue weighted by molar-refractivity contribution is 0.778. The molecule has 0 atom stereocenters. The van der Waals surface area contributed by atoms with Gasteiger partial charge in [0.05, 0.1) is 30.1 Å². The van der Waals surface area contributed by atoms with E-state index in [1.54, 1.807) is 17.7 Å². The SMILES string of the molecule is ClCc1cn(Cc2cn3ccsc3n2)cn1. The predicted octanol–water partition coefficient (Wildman–Crippen LogP) is 2.38. The Morgan fingerprint density at radius 1 is 1.31 bits per heavy atom.